The van der Waals surface area contributed by atoms with Gasteiger partial charge in [0.1, 0.15) is 12.4 Å². The maximum absolute atomic E-state index is 6.74. The number of aromatic nitrogens is 1. The molecule has 1 aromatic heterocycles. The van der Waals surface area contributed by atoms with Crippen LogP contribution in [0.1, 0.15) is 37.5 Å². The fourth-order valence-electron chi connectivity index (χ4n) is 3.95. The van der Waals surface area contributed by atoms with Gasteiger partial charge >= 0.3 is 0 Å². The van der Waals surface area contributed by atoms with Crippen molar-refractivity contribution in [1.82, 2.24) is 4.98 Å². The number of aromatic amines is 1. The van der Waals surface area contributed by atoms with Crippen LogP contribution in [0.25, 0.3) is 10.9 Å². The Balaban J connectivity index is 1.62. The van der Waals surface area contributed by atoms with Crippen molar-refractivity contribution in [2.75, 3.05) is 11.9 Å². The molecule has 4 rings (SSSR count). The van der Waals surface area contributed by atoms with Crippen molar-refractivity contribution in [3.8, 4) is 5.75 Å². The summed E-state index contributed by atoms with van der Waals surface area (Å²) in [5, 5.41) is 5.12. The number of nitrogens with one attached hydrogen (secondary N) is 2. The summed E-state index contributed by atoms with van der Waals surface area (Å²) in [6, 6.07) is 12.5. The molecule has 30 heavy (non-hydrogen) atoms. The van der Waals surface area contributed by atoms with Gasteiger partial charge < -0.3 is 19.5 Å². The number of rotatable bonds is 5. The molecule has 0 saturated heterocycles. The molecule has 0 bridgehead atoms. The van der Waals surface area contributed by atoms with Gasteiger partial charge in [0.15, 0.2) is 8.32 Å². The molecule has 1 aliphatic heterocycles. The number of hydrogen-bond acceptors (Lipinski definition) is 3. The van der Waals surface area contributed by atoms with Gasteiger partial charge in [0.05, 0.1) is 11.6 Å². The molecule has 2 aromatic carbocycles. The Hall–Kier alpha value is -2.24. The van der Waals surface area contributed by atoms with Crippen molar-refractivity contribution in [2.45, 2.75) is 65.0 Å². The summed E-state index contributed by atoms with van der Waals surface area (Å²) in [4.78, 5) is 3.45. The van der Waals surface area contributed by atoms with Gasteiger partial charge in [0.2, 0.25) is 0 Å². The Morgan fingerprint density at radius 1 is 1.13 bits per heavy atom. The Bertz CT molecular complexity index is 1030. The molecule has 0 spiro atoms. The van der Waals surface area contributed by atoms with Crippen LogP contribution >= 0.6 is 0 Å². The van der Waals surface area contributed by atoms with Crippen LogP contribution in [0.4, 0.5) is 5.69 Å². The summed E-state index contributed by atoms with van der Waals surface area (Å²) in [7, 11) is -1.81. The van der Waals surface area contributed by atoms with E-state index in [9.17, 15) is 0 Å². The third kappa shape index (κ3) is 4.01. The molecule has 0 unspecified atom stereocenters. The minimum atomic E-state index is -1.81. The normalized spacial score (nSPS) is 16.9. The summed E-state index contributed by atoms with van der Waals surface area (Å²) in [6.07, 6.45) is 3.22. The molecule has 2 N–H and O–H groups in total. The summed E-state index contributed by atoms with van der Waals surface area (Å²) in [5.74, 6) is 0.900. The molecule has 4 nitrogen and oxygen atoms in total. The van der Waals surface area contributed by atoms with E-state index in [0.29, 0.717) is 6.61 Å². The highest BCUT2D eigenvalue weighted by Crippen LogP contribution is 2.41. The van der Waals surface area contributed by atoms with Crippen LogP contribution in [-0.2, 0) is 17.5 Å². The highest BCUT2D eigenvalue weighted by molar-refractivity contribution is 6.74. The van der Waals surface area contributed by atoms with Gasteiger partial charge in [0, 0.05) is 36.3 Å². The van der Waals surface area contributed by atoms with Crippen LogP contribution in [0.2, 0.25) is 18.1 Å². The SMILES string of the molecule is Cc1c[nH]c2c(OCc3ccccc3)cc3c(c12)C[C@H](O[Si](C)(C)C(C)(C)C)CN3. The number of fused-ring (bicyclic) bond motifs is 3. The second kappa shape index (κ2) is 7.78. The van der Waals surface area contributed by atoms with Gasteiger partial charge in [-0.05, 0) is 41.7 Å². The largest absolute Gasteiger partial charge is 0.487 e. The van der Waals surface area contributed by atoms with Crippen LogP contribution in [0.15, 0.2) is 42.6 Å². The molecule has 0 fully saturated rings. The molecule has 160 valence electrons. The van der Waals surface area contributed by atoms with Gasteiger partial charge in [-0.3, -0.25) is 0 Å². The van der Waals surface area contributed by atoms with E-state index in [1.165, 1.54) is 27.8 Å². The molecule has 0 amide bonds. The van der Waals surface area contributed by atoms with E-state index in [1.807, 2.05) is 18.2 Å². The van der Waals surface area contributed by atoms with E-state index in [1.54, 1.807) is 0 Å². The molecule has 0 aliphatic carbocycles. The zero-order valence-electron chi connectivity index (χ0n) is 19.1. The maximum Gasteiger partial charge on any atom is 0.192 e. The first-order valence-corrected chi connectivity index (χ1v) is 13.8. The van der Waals surface area contributed by atoms with Crippen molar-refractivity contribution < 1.29 is 9.16 Å². The van der Waals surface area contributed by atoms with Crippen LogP contribution in [0.3, 0.4) is 0 Å². The lowest BCUT2D eigenvalue weighted by molar-refractivity contribution is 0.189. The lowest BCUT2D eigenvalue weighted by Crippen LogP contribution is -2.47. The molecular weight excluding hydrogens is 388 g/mol. The van der Waals surface area contributed by atoms with E-state index in [4.69, 9.17) is 9.16 Å². The van der Waals surface area contributed by atoms with Gasteiger partial charge in [-0.1, -0.05) is 51.1 Å². The lowest BCUT2D eigenvalue weighted by atomic mass is 9.95. The average Bonchev–Trinajstić information content (AvgIpc) is 3.08. The number of aryl methyl sites for hydroxylation is 1. The highest BCUT2D eigenvalue weighted by Gasteiger charge is 2.40. The van der Waals surface area contributed by atoms with Gasteiger partial charge in [-0.15, -0.1) is 0 Å². The Kier molecular flexibility index (Phi) is 5.45. The Labute approximate surface area is 181 Å². The number of ether oxygens (including phenoxy) is 1. The number of H-pyrrole nitrogens is 1. The number of anilines is 1. The smallest absolute Gasteiger partial charge is 0.192 e. The first kappa shape index (κ1) is 21.0. The molecule has 0 radical (unpaired) electrons. The fraction of sp³-hybridized carbons (Fsp3) is 0.440. The lowest BCUT2D eigenvalue weighted by Gasteiger charge is -2.41. The first-order valence-electron chi connectivity index (χ1n) is 10.9. The number of hydrogen-bond donors (Lipinski definition) is 2. The van der Waals surface area contributed by atoms with E-state index in [0.717, 1.165) is 24.2 Å². The highest BCUT2D eigenvalue weighted by atomic mass is 28.4. The molecule has 1 atom stereocenters. The molecule has 0 saturated carbocycles. The Morgan fingerprint density at radius 2 is 1.87 bits per heavy atom. The van der Waals surface area contributed by atoms with Gasteiger partial charge in [-0.25, -0.2) is 0 Å². The van der Waals surface area contributed by atoms with Crippen LogP contribution in [0.5, 0.6) is 5.75 Å². The molecule has 3 aromatic rings. The van der Waals surface area contributed by atoms with E-state index in [2.05, 4.69) is 75.5 Å². The van der Waals surface area contributed by atoms with Crippen molar-refractivity contribution in [3.05, 3.63) is 59.3 Å². The van der Waals surface area contributed by atoms with Gasteiger partial charge in [0.25, 0.3) is 0 Å². The topological polar surface area (TPSA) is 46.3 Å². The third-order valence-corrected chi connectivity index (χ3v) is 11.2. The van der Waals surface area contributed by atoms with Crippen LogP contribution in [0, 0.1) is 6.92 Å². The standard InChI is InChI=1S/C25H34N2O2Si/c1-17-14-27-24-22(28-16-18-10-8-7-9-11-18)13-21-20(23(17)24)12-19(15-26-21)29-30(5,6)25(2,3)4/h7-11,13-14,19,26-27H,12,15-16H2,1-6H3/t19-/m0/s1. The zero-order chi connectivity index (χ0) is 21.5. The second-order valence-electron chi connectivity index (χ2n) is 9.98. The minimum absolute atomic E-state index is 0.201. The first-order chi connectivity index (χ1) is 14.2. The fourth-order valence-corrected chi connectivity index (χ4v) is 5.30. The van der Waals surface area contributed by atoms with E-state index < -0.39 is 8.32 Å². The van der Waals surface area contributed by atoms with Crippen LogP contribution in [-0.4, -0.2) is 26.0 Å². The second-order valence-corrected chi connectivity index (χ2v) is 14.7. The average molecular weight is 423 g/mol. The third-order valence-electron chi connectivity index (χ3n) is 6.68. The quantitative estimate of drug-likeness (QED) is 0.467. The Morgan fingerprint density at radius 3 is 2.57 bits per heavy atom. The summed E-state index contributed by atoms with van der Waals surface area (Å²) in [6.45, 7) is 15.1. The van der Waals surface area contributed by atoms with Crippen molar-refractivity contribution in [2.24, 2.45) is 0 Å². The van der Waals surface area contributed by atoms with Crippen molar-refractivity contribution in [1.29, 1.82) is 0 Å². The summed E-state index contributed by atoms with van der Waals surface area (Å²) in [5.41, 5.74) is 6.01. The maximum atomic E-state index is 6.74. The van der Waals surface area contributed by atoms with Gasteiger partial charge in [-0.2, -0.15) is 0 Å². The zero-order valence-corrected chi connectivity index (χ0v) is 20.1. The van der Waals surface area contributed by atoms with Crippen molar-refractivity contribution in [3.63, 3.8) is 0 Å². The predicted octanol–water partition coefficient (Wildman–Crippen LogP) is 6.41. The van der Waals surface area contributed by atoms with E-state index in [-0.39, 0.29) is 11.1 Å². The molecule has 2 heterocycles. The minimum Gasteiger partial charge on any atom is -0.487 e. The molecule has 1 aliphatic rings. The summed E-state index contributed by atoms with van der Waals surface area (Å²) >= 11 is 0. The monoisotopic (exact) mass is 422 g/mol. The van der Waals surface area contributed by atoms with Crippen molar-refractivity contribution >= 4 is 24.9 Å². The molecule has 5 heteroatoms. The molecular formula is C25H34N2O2Si. The van der Waals surface area contributed by atoms with E-state index >= 15 is 0 Å². The predicted molar refractivity (Wildman–Crippen MR) is 128 cm³/mol. The summed E-state index contributed by atoms with van der Waals surface area (Å²) < 4.78 is 13.0. The number of benzene rings is 2. The van der Waals surface area contributed by atoms with Crippen LogP contribution < -0.4 is 10.1 Å².